The van der Waals surface area contributed by atoms with Gasteiger partial charge in [-0.05, 0) is 66.2 Å². The number of nitrogens with zero attached hydrogens (tertiary/aromatic N) is 2. The quantitative estimate of drug-likeness (QED) is 0.300. The van der Waals surface area contributed by atoms with Gasteiger partial charge in [0, 0.05) is 28.5 Å². The highest BCUT2D eigenvalue weighted by Crippen LogP contribution is 2.18. The summed E-state index contributed by atoms with van der Waals surface area (Å²) in [6, 6.07) is 22.7. The van der Waals surface area contributed by atoms with Gasteiger partial charge >= 0.3 is 6.03 Å². The number of carbonyl (C=O) groups is 2. The van der Waals surface area contributed by atoms with Crippen LogP contribution in [0.4, 0.5) is 16.2 Å². The van der Waals surface area contributed by atoms with E-state index in [9.17, 15) is 9.59 Å². The number of nitrogens with one attached hydrogen (secondary N) is 3. The molecule has 3 N–H and O–H groups in total. The smallest absolute Gasteiger partial charge is 0.323 e. The van der Waals surface area contributed by atoms with Crippen molar-refractivity contribution in [3.05, 3.63) is 96.2 Å². The molecule has 4 aromatic rings. The number of hydrogen-bond donors (Lipinski definition) is 3. The van der Waals surface area contributed by atoms with Crippen molar-refractivity contribution in [3.8, 4) is 5.75 Å². The summed E-state index contributed by atoms with van der Waals surface area (Å²) in [4.78, 5) is 28.9. The number of rotatable bonds is 6. The number of aromatic nitrogens is 1. The number of carbonyl (C=O) groups excluding carboxylic acids is 2. The van der Waals surface area contributed by atoms with Gasteiger partial charge in [-0.3, -0.25) is 9.78 Å². The molecule has 0 aliphatic carbocycles. The van der Waals surface area contributed by atoms with E-state index < -0.39 is 6.03 Å². The summed E-state index contributed by atoms with van der Waals surface area (Å²) in [5.74, 6) is 0.338. The van der Waals surface area contributed by atoms with Crippen LogP contribution in [0.15, 0.2) is 90.2 Å². The van der Waals surface area contributed by atoms with Crippen molar-refractivity contribution < 1.29 is 14.3 Å². The van der Waals surface area contributed by atoms with Crippen LogP contribution < -0.4 is 20.8 Å². The van der Waals surface area contributed by atoms with Crippen molar-refractivity contribution in [2.24, 2.45) is 5.10 Å². The average Bonchev–Trinajstić information content (AvgIpc) is 2.84. The standard InChI is InChI=1S/C25H21N5O3/c1-33-22-6-2-4-17(14-22)16-27-30-24(31)18-7-9-20(10-8-18)28-25(32)29-21-11-12-23-19(15-21)5-3-13-26-23/h2-16H,1H3,(H,30,31)(H2,28,29,32). The molecular formula is C25H21N5O3. The van der Waals surface area contributed by atoms with Crippen LogP contribution in [0.25, 0.3) is 10.9 Å². The molecule has 4 rings (SSSR count). The lowest BCUT2D eigenvalue weighted by atomic mass is 10.2. The molecule has 1 aromatic heterocycles. The number of amides is 3. The van der Waals surface area contributed by atoms with Gasteiger partial charge in [0.2, 0.25) is 0 Å². The zero-order chi connectivity index (χ0) is 23.0. The molecule has 0 aliphatic rings. The first-order valence-corrected chi connectivity index (χ1v) is 10.1. The van der Waals surface area contributed by atoms with Crippen LogP contribution in [0, 0.1) is 0 Å². The first-order valence-electron chi connectivity index (χ1n) is 10.1. The summed E-state index contributed by atoms with van der Waals surface area (Å²) >= 11 is 0. The maximum atomic E-state index is 12.3. The number of ether oxygens (including phenoxy) is 1. The van der Waals surface area contributed by atoms with Gasteiger partial charge in [0.25, 0.3) is 5.91 Å². The molecule has 0 atom stereocenters. The molecule has 8 heteroatoms. The summed E-state index contributed by atoms with van der Waals surface area (Å²) in [6.07, 6.45) is 3.25. The summed E-state index contributed by atoms with van der Waals surface area (Å²) in [5, 5.41) is 10.4. The molecule has 33 heavy (non-hydrogen) atoms. The predicted octanol–water partition coefficient (Wildman–Crippen LogP) is 4.65. The maximum absolute atomic E-state index is 12.3. The fourth-order valence-corrected chi connectivity index (χ4v) is 3.10. The number of hydrogen-bond acceptors (Lipinski definition) is 5. The summed E-state index contributed by atoms with van der Waals surface area (Å²) < 4.78 is 5.15. The number of methoxy groups -OCH3 is 1. The lowest BCUT2D eigenvalue weighted by molar-refractivity contribution is 0.0955. The summed E-state index contributed by atoms with van der Waals surface area (Å²) in [7, 11) is 1.58. The van der Waals surface area contributed by atoms with E-state index in [2.05, 4.69) is 26.1 Å². The van der Waals surface area contributed by atoms with Crippen LogP contribution in [0.1, 0.15) is 15.9 Å². The minimum absolute atomic E-state index is 0.366. The Labute approximate surface area is 190 Å². The first kappa shape index (κ1) is 21.5. The highest BCUT2D eigenvalue weighted by atomic mass is 16.5. The number of anilines is 2. The SMILES string of the molecule is COc1cccc(C=NNC(=O)c2ccc(NC(=O)Nc3ccc4ncccc4c3)cc2)c1. The molecule has 0 fully saturated rings. The third-order valence-corrected chi connectivity index (χ3v) is 4.74. The van der Waals surface area contributed by atoms with E-state index in [1.165, 1.54) is 6.21 Å². The molecule has 3 amide bonds. The van der Waals surface area contributed by atoms with Crippen LogP contribution in [0.2, 0.25) is 0 Å². The van der Waals surface area contributed by atoms with Crippen LogP contribution >= 0.6 is 0 Å². The molecule has 164 valence electrons. The molecule has 3 aromatic carbocycles. The van der Waals surface area contributed by atoms with E-state index in [1.807, 2.05) is 42.5 Å². The van der Waals surface area contributed by atoms with Crippen molar-refractivity contribution in [2.75, 3.05) is 17.7 Å². The molecule has 0 spiro atoms. The minimum Gasteiger partial charge on any atom is -0.497 e. The van der Waals surface area contributed by atoms with Gasteiger partial charge in [-0.15, -0.1) is 0 Å². The molecule has 1 heterocycles. The Morgan fingerprint density at radius 2 is 1.70 bits per heavy atom. The molecule has 0 aliphatic heterocycles. The van der Waals surface area contributed by atoms with Crippen molar-refractivity contribution in [2.45, 2.75) is 0 Å². The number of benzene rings is 3. The molecule has 8 nitrogen and oxygen atoms in total. The van der Waals surface area contributed by atoms with Gasteiger partial charge in [-0.25, -0.2) is 10.2 Å². The molecule has 0 radical (unpaired) electrons. The van der Waals surface area contributed by atoms with E-state index in [4.69, 9.17) is 4.74 Å². The van der Waals surface area contributed by atoms with E-state index in [0.717, 1.165) is 16.5 Å². The van der Waals surface area contributed by atoms with Crippen LogP contribution in [0.3, 0.4) is 0 Å². The largest absolute Gasteiger partial charge is 0.497 e. The Kier molecular flexibility index (Phi) is 6.56. The van der Waals surface area contributed by atoms with Crippen molar-refractivity contribution >= 4 is 40.4 Å². The van der Waals surface area contributed by atoms with Gasteiger partial charge < -0.3 is 15.4 Å². The van der Waals surface area contributed by atoms with Crippen LogP contribution in [-0.4, -0.2) is 30.2 Å². The van der Waals surface area contributed by atoms with Gasteiger partial charge in [0.05, 0.1) is 18.8 Å². The van der Waals surface area contributed by atoms with E-state index in [-0.39, 0.29) is 5.91 Å². The average molecular weight is 439 g/mol. The number of pyridine rings is 1. The number of fused-ring (bicyclic) bond motifs is 1. The van der Waals surface area contributed by atoms with Crippen molar-refractivity contribution in [3.63, 3.8) is 0 Å². The minimum atomic E-state index is -0.390. The predicted molar refractivity (Wildman–Crippen MR) is 129 cm³/mol. The van der Waals surface area contributed by atoms with Crippen molar-refractivity contribution in [1.82, 2.24) is 10.4 Å². The fourth-order valence-electron chi connectivity index (χ4n) is 3.10. The second-order valence-electron chi connectivity index (χ2n) is 7.04. The van der Waals surface area contributed by atoms with Crippen LogP contribution in [-0.2, 0) is 0 Å². The number of urea groups is 1. The fraction of sp³-hybridized carbons (Fsp3) is 0.0400. The van der Waals surface area contributed by atoms with Gasteiger partial charge in [0.1, 0.15) is 5.75 Å². The third-order valence-electron chi connectivity index (χ3n) is 4.74. The highest BCUT2D eigenvalue weighted by molar-refractivity contribution is 6.01. The summed E-state index contributed by atoms with van der Waals surface area (Å²) in [6.45, 7) is 0. The Bertz CT molecular complexity index is 1320. The molecule has 0 unspecified atom stereocenters. The van der Waals surface area contributed by atoms with Crippen molar-refractivity contribution in [1.29, 1.82) is 0 Å². The molecule has 0 bridgehead atoms. The zero-order valence-corrected chi connectivity index (χ0v) is 17.8. The topological polar surface area (TPSA) is 105 Å². The van der Waals surface area contributed by atoms with Gasteiger partial charge in [-0.2, -0.15) is 5.10 Å². The van der Waals surface area contributed by atoms with Crippen LogP contribution in [0.5, 0.6) is 5.75 Å². The van der Waals surface area contributed by atoms with Gasteiger partial charge in [0.15, 0.2) is 0 Å². The second kappa shape index (κ2) is 10.1. The Hall–Kier alpha value is -4.72. The van der Waals surface area contributed by atoms with E-state index >= 15 is 0 Å². The molecule has 0 saturated carbocycles. The monoisotopic (exact) mass is 439 g/mol. The third kappa shape index (κ3) is 5.71. The Balaban J connectivity index is 1.31. The Morgan fingerprint density at radius 1 is 0.909 bits per heavy atom. The highest BCUT2D eigenvalue weighted by Gasteiger charge is 2.07. The maximum Gasteiger partial charge on any atom is 0.323 e. The second-order valence-corrected chi connectivity index (χ2v) is 7.04. The summed E-state index contributed by atoms with van der Waals surface area (Å²) in [5.41, 5.74) is 5.73. The van der Waals surface area contributed by atoms with E-state index in [0.29, 0.717) is 22.7 Å². The normalized spacial score (nSPS) is 10.7. The first-order chi connectivity index (χ1) is 16.1. The number of hydrazone groups is 1. The molecule has 0 saturated heterocycles. The van der Waals surface area contributed by atoms with E-state index in [1.54, 1.807) is 49.7 Å². The molecular weight excluding hydrogens is 418 g/mol. The van der Waals surface area contributed by atoms with Gasteiger partial charge in [-0.1, -0.05) is 18.2 Å². The lowest BCUT2D eigenvalue weighted by Crippen LogP contribution is -2.20. The lowest BCUT2D eigenvalue weighted by Gasteiger charge is -2.09. The Morgan fingerprint density at radius 3 is 2.52 bits per heavy atom. The zero-order valence-electron chi connectivity index (χ0n) is 17.8.